The summed E-state index contributed by atoms with van der Waals surface area (Å²) in [5.41, 5.74) is 0. The molecule has 0 saturated carbocycles. The van der Waals surface area contributed by atoms with E-state index in [0.29, 0.717) is 12.3 Å². The number of carbonyl (C=O) groups is 1. The summed E-state index contributed by atoms with van der Waals surface area (Å²) in [6, 6.07) is 0. The number of nitrogens with zero attached hydrogens (tertiary/aromatic N) is 1. The minimum atomic E-state index is 0.0693. The van der Waals surface area contributed by atoms with Crippen LogP contribution in [-0.2, 0) is 4.79 Å². The Bertz CT molecular complexity index is 179. The number of amides is 1. The lowest BCUT2D eigenvalue weighted by Gasteiger charge is -2.19. The highest BCUT2D eigenvalue weighted by molar-refractivity contribution is 6.18. The Morgan fingerprint density at radius 2 is 1.87 bits per heavy atom. The minimum Gasteiger partial charge on any atom is -0.355 e. The van der Waals surface area contributed by atoms with E-state index >= 15 is 0 Å². The first-order valence-corrected chi connectivity index (χ1v) is 6.41. The van der Waals surface area contributed by atoms with Crippen LogP contribution in [0, 0.1) is 0 Å². The van der Waals surface area contributed by atoms with Gasteiger partial charge in [-0.2, -0.15) is 0 Å². The van der Waals surface area contributed by atoms with Crippen molar-refractivity contribution in [2.75, 3.05) is 32.1 Å². The van der Waals surface area contributed by atoms with Gasteiger partial charge in [-0.1, -0.05) is 12.8 Å². The van der Waals surface area contributed by atoms with E-state index in [1.165, 1.54) is 38.8 Å². The van der Waals surface area contributed by atoms with Crippen molar-refractivity contribution in [1.82, 2.24) is 10.2 Å². The van der Waals surface area contributed by atoms with E-state index in [0.717, 1.165) is 13.1 Å². The lowest BCUT2D eigenvalue weighted by Crippen LogP contribution is -2.35. The largest absolute Gasteiger partial charge is 0.355 e. The number of carbonyl (C=O) groups excluding carboxylic acids is 1. The third-order valence-corrected chi connectivity index (χ3v) is 2.96. The van der Waals surface area contributed by atoms with E-state index in [-0.39, 0.29) is 5.91 Å². The third kappa shape index (κ3) is 6.00. The molecule has 0 spiro atoms. The van der Waals surface area contributed by atoms with Crippen LogP contribution in [0.2, 0.25) is 0 Å². The van der Waals surface area contributed by atoms with Crippen LogP contribution in [0.1, 0.15) is 32.1 Å². The fourth-order valence-corrected chi connectivity index (χ4v) is 2.06. The molecule has 3 nitrogen and oxygen atoms in total. The highest BCUT2D eigenvalue weighted by atomic mass is 35.5. The Morgan fingerprint density at radius 3 is 2.47 bits per heavy atom. The molecule has 0 aromatic carbocycles. The maximum absolute atomic E-state index is 11.1. The predicted octanol–water partition coefficient (Wildman–Crippen LogP) is 1.61. The Hall–Kier alpha value is -0.280. The lowest BCUT2D eigenvalue weighted by molar-refractivity contribution is -0.120. The summed E-state index contributed by atoms with van der Waals surface area (Å²) in [6.45, 7) is 4.11. The Labute approximate surface area is 97.2 Å². The fraction of sp³-hybridized carbons (Fsp3) is 0.909. The first kappa shape index (κ1) is 12.8. The summed E-state index contributed by atoms with van der Waals surface area (Å²) in [4.78, 5) is 13.6. The average Bonchev–Trinajstić information content (AvgIpc) is 2.47. The molecule has 1 heterocycles. The molecule has 1 aliphatic heterocycles. The van der Waals surface area contributed by atoms with Crippen LogP contribution in [0.25, 0.3) is 0 Å². The van der Waals surface area contributed by atoms with Crippen LogP contribution in [-0.4, -0.2) is 42.9 Å². The molecular weight excluding hydrogens is 212 g/mol. The van der Waals surface area contributed by atoms with E-state index in [2.05, 4.69) is 10.2 Å². The Morgan fingerprint density at radius 1 is 1.20 bits per heavy atom. The molecule has 0 radical (unpaired) electrons. The molecule has 88 valence electrons. The molecule has 1 saturated heterocycles. The molecule has 0 aliphatic carbocycles. The summed E-state index contributed by atoms with van der Waals surface area (Å²) in [5.74, 6) is 0.482. The molecule has 1 fully saturated rings. The molecule has 1 rings (SSSR count). The van der Waals surface area contributed by atoms with Gasteiger partial charge in [0.15, 0.2) is 0 Å². The van der Waals surface area contributed by atoms with Gasteiger partial charge in [0.25, 0.3) is 0 Å². The fourth-order valence-electron chi connectivity index (χ4n) is 1.89. The van der Waals surface area contributed by atoms with Crippen LogP contribution in [0.5, 0.6) is 0 Å². The highest BCUT2D eigenvalue weighted by Gasteiger charge is 2.08. The van der Waals surface area contributed by atoms with E-state index in [9.17, 15) is 4.79 Å². The second-order valence-corrected chi connectivity index (χ2v) is 4.42. The highest BCUT2D eigenvalue weighted by Crippen LogP contribution is 2.08. The standard InChI is InChI=1S/C11H21ClN2O/c12-6-5-11(15)13-7-10-14-8-3-1-2-4-9-14/h1-10H2,(H,13,15). The van der Waals surface area contributed by atoms with Crippen molar-refractivity contribution in [3.05, 3.63) is 0 Å². The van der Waals surface area contributed by atoms with E-state index in [4.69, 9.17) is 11.6 Å². The molecule has 4 heteroatoms. The van der Waals surface area contributed by atoms with Gasteiger partial charge in [0, 0.05) is 25.4 Å². The van der Waals surface area contributed by atoms with Gasteiger partial charge in [-0.25, -0.2) is 0 Å². The molecule has 0 atom stereocenters. The molecule has 0 aromatic rings. The number of hydrogen-bond donors (Lipinski definition) is 1. The second-order valence-electron chi connectivity index (χ2n) is 4.04. The van der Waals surface area contributed by atoms with Crippen LogP contribution in [0.3, 0.4) is 0 Å². The van der Waals surface area contributed by atoms with Crippen molar-refractivity contribution >= 4 is 17.5 Å². The SMILES string of the molecule is O=C(CCCl)NCCN1CCCCCC1. The average molecular weight is 233 g/mol. The third-order valence-electron chi connectivity index (χ3n) is 2.77. The first-order chi connectivity index (χ1) is 7.33. The zero-order chi connectivity index (χ0) is 10.9. The maximum atomic E-state index is 11.1. The van der Waals surface area contributed by atoms with Crippen molar-refractivity contribution < 1.29 is 4.79 Å². The molecular formula is C11H21ClN2O. The summed E-state index contributed by atoms with van der Waals surface area (Å²) in [6.07, 6.45) is 5.75. The molecule has 0 bridgehead atoms. The summed E-state index contributed by atoms with van der Waals surface area (Å²) in [7, 11) is 0. The summed E-state index contributed by atoms with van der Waals surface area (Å²) < 4.78 is 0. The lowest BCUT2D eigenvalue weighted by atomic mass is 10.2. The van der Waals surface area contributed by atoms with Crippen LogP contribution in [0.4, 0.5) is 0 Å². The summed E-state index contributed by atoms with van der Waals surface area (Å²) >= 11 is 5.47. The molecule has 15 heavy (non-hydrogen) atoms. The quantitative estimate of drug-likeness (QED) is 0.731. The Balaban J connectivity index is 2.05. The minimum absolute atomic E-state index is 0.0693. The maximum Gasteiger partial charge on any atom is 0.221 e. The summed E-state index contributed by atoms with van der Waals surface area (Å²) in [5, 5.41) is 2.89. The topological polar surface area (TPSA) is 32.3 Å². The monoisotopic (exact) mass is 232 g/mol. The second kappa shape index (κ2) is 7.94. The molecule has 0 aromatic heterocycles. The zero-order valence-electron chi connectivity index (χ0n) is 9.30. The molecule has 0 unspecified atom stereocenters. The van der Waals surface area contributed by atoms with Crippen molar-refractivity contribution in [2.45, 2.75) is 32.1 Å². The number of halogens is 1. The number of hydrogen-bond acceptors (Lipinski definition) is 2. The number of likely N-dealkylation sites (tertiary alicyclic amines) is 1. The molecule has 1 aliphatic rings. The number of nitrogens with one attached hydrogen (secondary N) is 1. The van der Waals surface area contributed by atoms with Gasteiger partial charge in [0.1, 0.15) is 0 Å². The normalized spacial score (nSPS) is 18.5. The van der Waals surface area contributed by atoms with Gasteiger partial charge in [-0.15, -0.1) is 11.6 Å². The van der Waals surface area contributed by atoms with Crippen molar-refractivity contribution in [3.63, 3.8) is 0 Å². The van der Waals surface area contributed by atoms with Gasteiger partial charge in [-0.05, 0) is 25.9 Å². The van der Waals surface area contributed by atoms with Crippen molar-refractivity contribution in [3.8, 4) is 0 Å². The zero-order valence-corrected chi connectivity index (χ0v) is 10.1. The Kier molecular flexibility index (Phi) is 6.77. The van der Waals surface area contributed by atoms with Gasteiger partial charge in [0.2, 0.25) is 5.91 Å². The van der Waals surface area contributed by atoms with Crippen molar-refractivity contribution in [1.29, 1.82) is 0 Å². The van der Waals surface area contributed by atoms with E-state index < -0.39 is 0 Å². The molecule has 1 N–H and O–H groups in total. The first-order valence-electron chi connectivity index (χ1n) is 5.88. The van der Waals surface area contributed by atoms with E-state index in [1.807, 2.05) is 0 Å². The van der Waals surface area contributed by atoms with Crippen LogP contribution >= 0.6 is 11.6 Å². The van der Waals surface area contributed by atoms with Gasteiger partial charge in [-0.3, -0.25) is 4.79 Å². The van der Waals surface area contributed by atoms with E-state index in [1.54, 1.807) is 0 Å². The van der Waals surface area contributed by atoms with Gasteiger partial charge in [0.05, 0.1) is 0 Å². The van der Waals surface area contributed by atoms with Crippen LogP contribution < -0.4 is 5.32 Å². The number of rotatable bonds is 5. The van der Waals surface area contributed by atoms with Crippen LogP contribution in [0.15, 0.2) is 0 Å². The van der Waals surface area contributed by atoms with Crippen molar-refractivity contribution in [2.24, 2.45) is 0 Å². The molecule has 1 amide bonds. The smallest absolute Gasteiger partial charge is 0.221 e. The number of alkyl halides is 1. The predicted molar refractivity (Wildman–Crippen MR) is 63.3 cm³/mol. The van der Waals surface area contributed by atoms with Gasteiger partial charge < -0.3 is 10.2 Å². The van der Waals surface area contributed by atoms with Gasteiger partial charge >= 0.3 is 0 Å².